The molecule has 0 aliphatic carbocycles. The maximum Gasteiger partial charge on any atom is 0.142 e. The Kier molecular flexibility index (Phi) is 3.43. The van der Waals surface area contributed by atoms with Gasteiger partial charge in [0.2, 0.25) is 0 Å². The van der Waals surface area contributed by atoms with Crippen LogP contribution < -0.4 is 10.2 Å². The molecule has 0 unspecified atom stereocenters. The van der Waals surface area contributed by atoms with E-state index in [1.54, 1.807) is 11.3 Å². The third-order valence-corrected chi connectivity index (χ3v) is 5.25. The number of para-hydroxylation sites is 1. The summed E-state index contributed by atoms with van der Waals surface area (Å²) in [5, 5.41) is 5.53. The van der Waals surface area contributed by atoms with E-state index in [1.807, 2.05) is 18.2 Å². The van der Waals surface area contributed by atoms with Crippen LogP contribution in [-0.4, -0.2) is 5.84 Å². The standard InChI is InChI=1S/C20H19N3S/c1-12(2)20-22-19-17(13(3)18-16(21-19)10-11-24-18)14(4)23(20)15-8-6-5-7-9-15/h5-12,21H,3-4H2,1-2H3. The fourth-order valence-electron chi connectivity index (χ4n) is 3.15. The fraction of sp³-hybridized carbons (Fsp3) is 0.150. The van der Waals surface area contributed by atoms with Crippen LogP contribution in [0.15, 0.2) is 77.0 Å². The van der Waals surface area contributed by atoms with E-state index < -0.39 is 0 Å². The van der Waals surface area contributed by atoms with Crippen molar-refractivity contribution in [3.8, 4) is 0 Å². The average molecular weight is 333 g/mol. The van der Waals surface area contributed by atoms with Gasteiger partial charge < -0.3 is 5.32 Å². The third-order valence-electron chi connectivity index (χ3n) is 4.28. The molecule has 2 aromatic rings. The van der Waals surface area contributed by atoms with Crippen LogP contribution in [-0.2, 0) is 0 Å². The van der Waals surface area contributed by atoms with Gasteiger partial charge in [-0.25, -0.2) is 4.99 Å². The van der Waals surface area contributed by atoms with Crippen molar-refractivity contribution in [2.45, 2.75) is 13.8 Å². The average Bonchev–Trinajstić information content (AvgIpc) is 3.04. The topological polar surface area (TPSA) is 27.6 Å². The molecule has 0 radical (unpaired) electrons. The van der Waals surface area contributed by atoms with E-state index in [-0.39, 0.29) is 5.92 Å². The third kappa shape index (κ3) is 2.14. The minimum atomic E-state index is 0.273. The molecule has 1 aromatic carbocycles. The molecule has 0 atom stereocenters. The summed E-state index contributed by atoms with van der Waals surface area (Å²) in [6.07, 6.45) is 0. The number of hydrogen-bond acceptors (Lipinski definition) is 4. The summed E-state index contributed by atoms with van der Waals surface area (Å²) in [6, 6.07) is 12.3. The summed E-state index contributed by atoms with van der Waals surface area (Å²) >= 11 is 1.69. The zero-order valence-corrected chi connectivity index (χ0v) is 14.7. The molecular formula is C20H19N3S. The number of anilines is 2. The number of fused-ring (bicyclic) bond motifs is 1. The van der Waals surface area contributed by atoms with Gasteiger partial charge in [-0.05, 0) is 29.2 Å². The second kappa shape index (κ2) is 5.49. The highest BCUT2D eigenvalue weighted by molar-refractivity contribution is 7.11. The summed E-state index contributed by atoms with van der Waals surface area (Å²) < 4.78 is 0. The molecule has 3 nitrogen and oxygen atoms in total. The van der Waals surface area contributed by atoms with Crippen molar-refractivity contribution in [2.24, 2.45) is 10.9 Å². The number of hydrogen-bond donors (Lipinski definition) is 1. The predicted octanol–water partition coefficient (Wildman–Crippen LogP) is 5.49. The summed E-state index contributed by atoms with van der Waals surface area (Å²) in [5.74, 6) is 2.12. The van der Waals surface area contributed by atoms with Crippen LogP contribution in [0.1, 0.15) is 18.7 Å². The van der Waals surface area contributed by atoms with Gasteiger partial charge in [0.25, 0.3) is 0 Å². The summed E-state index contributed by atoms with van der Waals surface area (Å²) in [4.78, 5) is 8.24. The molecule has 0 bridgehead atoms. The van der Waals surface area contributed by atoms with Crippen molar-refractivity contribution in [1.29, 1.82) is 0 Å². The Morgan fingerprint density at radius 2 is 1.88 bits per heavy atom. The largest absolute Gasteiger partial charge is 0.338 e. The fourth-order valence-corrected chi connectivity index (χ4v) is 3.98. The van der Waals surface area contributed by atoms with Gasteiger partial charge in [-0.1, -0.05) is 45.2 Å². The van der Waals surface area contributed by atoms with Crippen LogP contribution in [0.4, 0.5) is 11.4 Å². The number of rotatable bonds is 2. The first-order valence-corrected chi connectivity index (χ1v) is 8.87. The van der Waals surface area contributed by atoms with E-state index in [4.69, 9.17) is 4.99 Å². The van der Waals surface area contributed by atoms with Gasteiger partial charge in [0.05, 0.1) is 16.3 Å². The molecular weight excluding hydrogens is 314 g/mol. The molecule has 3 heterocycles. The zero-order chi connectivity index (χ0) is 16.8. The van der Waals surface area contributed by atoms with Gasteiger partial charge in [-0.15, -0.1) is 11.3 Å². The van der Waals surface area contributed by atoms with Crippen LogP contribution in [0.3, 0.4) is 0 Å². The molecule has 4 rings (SSSR count). The van der Waals surface area contributed by atoms with Gasteiger partial charge in [0.15, 0.2) is 0 Å². The van der Waals surface area contributed by atoms with Crippen LogP contribution in [0.25, 0.3) is 5.57 Å². The molecule has 0 spiro atoms. The molecule has 1 aromatic heterocycles. The van der Waals surface area contributed by atoms with Gasteiger partial charge in [0.1, 0.15) is 11.7 Å². The van der Waals surface area contributed by atoms with E-state index in [0.717, 1.165) is 44.8 Å². The molecule has 0 saturated carbocycles. The van der Waals surface area contributed by atoms with Gasteiger partial charge >= 0.3 is 0 Å². The van der Waals surface area contributed by atoms with E-state index >= 15 is 0 Å². The Hall–Kier alpha value is -2.59. The SMILES string of the molecule is C=C1C2=C(N=C(C(C)C)N(c3ccccc3)C2=C)Nc2ccsc21. The quantitative estimate of drug-likeness (QED) is 0.787. The van der Waals surface area contributed by atoms with Gasteiger partial charge in [0, 0.05) is 17.2 Å². The lowest BCUT2D eigenvalue weighted by molar-refractivity contribution is 0.848. The molecule has 0 fully saturated rings. The highest BCUT2D eigenvalue weighted by atomic mass is 32.1. The monoisotopic (exact) mass is 333 g/mol. The second-order valence-corrected chi connectivity index (χ2v) is 7.15. The molecule has 0 amide bonds. The lowest BCUT2D eigenvalue weighted by Gasteiger charge is -2.37. The Balaban J connectivity index is 1.87. The predicted molar refractivity (Wildman–Crippen MR) is 104 cm³/mol. The summed E-state index contributed by atoms with van der Waals surface area (Å²) in [6.45, 7) is 13.0. The van der Waals surface area contributed by atoms with Crippen molar-refractivity contribution in [3.05, 3.63) is 76.9 Å². The van der Waals surface area contributed by atoms with Crippen LogP contribution in [0, 0.1) is 5.92 Å². The van der Waals surface area contributed by atoms with Crippen LogP contribution >= 0.6 is 11.3 Å². The molecule has 2 aliphatic rings. The number of nitrogens with zero attached hydrogens (tertiary/aromatic N) is 2. The number of benzene rings is 1. The normalized spacial score (nSPS) is 16.8. The molecule has 1 N–H and O–H groups in total. The number of thiophene rings is 1. The van der Waals surface area contributed by atoms with Crippen molar-refractivity contribution in [2.75, 3.05) is 10.2 Å². The molecule has 4 heteroatoms. The number of nitrogens with one attached hydrogen (secondary N) is 1. The minimum absolute atomic E-state index is 0.273. The summed E-state index contributed by atoms with van der Waals surface area (Å²) in [7, 11) is 0. The molecule has 24 heavy (non-hydrogen) atoms. The lowest BCUT2D eigenvalue weighted by atomic mass is 9.95. The first-order valence-electron chi connectivity index (χ1n) is 7.99. The van der Waals surface area contributed by atoms with Crippen LogP contribution in [0.5, 0.6) is 0 Å². The van der Waals surface area contributed by atoms with E-state index in [1.165, 1.54) is 0 Å². The highest BCUT2D eigenvalue weighted by Crippen LogP contribution is 2.45. The van der Waals surface area contributed by atoms with Gasteiger partial charge in [-0.2, -0.15) is 0 Å². The Bertz CT molecular complexity index is 900. The van der Waals surface area contributed by atoms with E-state index in [9.17, 15) is 0 Å². The summed E-state index contributed by atoms with van der Waals surface area (Å²) in [5.41, 5.74) is 5.07. The maximum absolute atomic E-state index is 4.93. The molecule has 0 saturated heterocycles. The smallest absolute Gasteiger partial charge is 0.142 e. The number of aliphatic imine (C=N–C) groups is 1. The molecule has 120 valence electrons. The molecule has 2 aliphatic heterocycles. The first kappa shape index (κ1) is 15.0. The zero-order valence-electron chi connectivity index (χ0n) is 13.8. The van der Waals surface area contributed by atoms with E-state index in [2.05, 4.69) is 60.8 Å². The Morgan fingerprint density at radius 1 is 1.12 bits per heavy atom. The lowest BCUT2D eigenvalue weighted by Crippen LogP contribution is -2.38. The van der Waals surface area contributed by atoms with Crippen molar-refractivity contribution in [1.82, 2.24) is 0 Å². The van der Waals surface area contributed by atoms with Crippen molar-refractivity contribution in [3.63, 3.8) is 0 Å². The Labute approximate surface area is 146 Å². The van der Waals surface area contributed by atoms with Gasteiger partial charge in [-0.3, -0.25) is 4.90 Å². The maximum atomic E-state index is 4.93. The van der Waals surface area contributed by atoms with E-state index in [0.29, 0.717) is 0 Å². The Morgan fingerprint density at radius 3 is 2.58 bits per heavy atom. The van der Waals surface area contributed by atoms with Crippen molar-refractivity contribution >= 4 is 34.1 Å². The van der Waals surface area contributed by atoms with Crippen molar-refractivity contribution < 1.29 is 0 Å². The number of allylic oxidation sites excluding steroid dienone is 1. The first-order chi connectivity index (χ1) is 11.6. The highest BCUT2D eigenvalue weighted by Gasteiger charge is 2.33. The minimum Gasteiger partial charge on any atom is -0.338 e. The van der Waals surface area contributed by atoms with Crippen LogP contribution in [0.2, 0.25) is 0 Å². The number of amidine groups is 1. The second-order valence-electron chi connectivity index (χ2n) is 6.23.